The van der Waals surface area contributed by atoms with Gasteiger partial charge in [-0.25, -0.2) is 0 Å². The number of rotatable bonds is 6. The normalized spacial score (nSPS) is 12.2. The van der Waals surface area contributed by atoms with Crippen molar-refractivity contribution in [1.29, 1.82) is 0 Å². The lowest BCUT2D eigenvalue weighted by Crippen LogP contribution is -2.08. The van der Waals surface area contributed by atoms with Gasteiger partial charge < -0.3 is 9.84 Å². The number of hydrogen-bond acceptors (Lipinski definition) is 3. The molecule has 1 rings (SSSR count). The number of ketones is 1. The van der Waals surface area contributed by atoms with Crippen molar-refractivity contribution in [3.8, 4) is 5.75 Å². The van der Waals surface area contributed by atoms with Crippen LogP contribution in [0.4, 0.5) is 0 Å². The second-order valence-electron chi connectivity index (χ2n) is 4.59. The number of ether oxygens (including phenoxy) is 1. The average molecular weight is 260 g/mol. The van der Waals surface area contributed by atoms with Crippen molar-refractivity contribution in [2.45, 2.75) is 26.4 Å². The summed E-state index contributed by atoms with van der Waals surface area (Å²) >= 11 is 0. The fourth-order valence-corrected chi connectivity index (χ4v) is 1.59. The molecule has 0 aliphatic rings. The highest BCUT2D eigenvalue weighted by Gasteiger charge is 2.05. The van der Waals surface area contributed by atoms with Gasteiger partial charge in [0.25, 0.3) is 0 Å². The number of carbonyl (C=O) groups excluding carboxylic acids is 1. The maximum absolute atomic E-state index is 11.5. The number of benzene rings is 1. The molecule has 1 aromatic carbocycles. The first-order valence-electron chi connectivity index (χ1n) is 6.19. The second-order valence-corrected chi connectivity index (χ2v) is 4.59. The van der Waals surface area contributed by atoms with E-state index in [0.29, 0.717) is 0 Å². The summed E-state index contributed by atoms with van der Waals surface area (Å²) in [5.41, 5.74) is 1.89. The minimum Gasteiger partial charge on any atom is -0.497 e. The number of hydrogen-bond donors (Lipinski definition) is 1. The van der Waals surface area contributed by atoms with Crippen molar-refractivity contribution in [3.63, 3.8) is 0 Å². The van der Waals surface area contributed by atoms with Crippen LogP contribution in [0.1, 0.15) is 25.8 Å². The summed E-state index contributed by atoms with van der Waals surface area (Å²) in [5, 5.41) is 9.73. The molecule has 0 saturated carbocycles. The summed E-state index contributed by atoms with van der Waals surface area (Å²) < 4.78 is 5.06. The van der Waals surface area contributed by atoms with E-state index >= 15 is 0 Å². The summed E-state index contributed by atoms with van der Waals surface area (Å²) in [6.45, 7) is 3.72. The third-order valence-electron chi connectivity index (χ3n) is 2.49. The van der Waals surface area contributed by atoms with Crippen molar-refractivity contribution >= 4 is 11.9 Å². The van der Waals surface area contributed by atoms with E-state index in [1.54, 1.807) is 25.3 Å². The summed E-state index contributed by atoms with van der Waals surface area (Å²) in [6.07, 6.45) is 4.31. The molecule has 0 bridgehead atoms. The van der Waals surface area contributed by atoms with Crippen LogP contribution in [-0.2, 0) is 4.79 Å². The second kappa shape index (κ2) is 7.54. The molecule has 0 aromatic heterocycles. The molecule has 0 aliphatic heterocycles. The molecule has 1 N–H and O–H groups in total. The summed E-state index contributed by atoms with van der Waals surface area (Å²) in [6, 6.07) is 7.47. The van der Waals surface area contributed by atoms with E-state index in [2.05, 4.69) is 0 Å². The Bertz CT molecular complexity index is 465. The number of carbonyl (C=O) groups is 1. The molecule has 1 atom stereocenters. The standard InChI is InChI=1S/C16H20O3/c1-12(2)10-15(18)11-14(17)7-4-13-5-8-16(19-3)9-6-13/h4-10,14,17H,11H2,1-3H3/b7-4+/t14-/m1/s1. The highest BCUT2D eigenvalue weighted by molar-refractivity contribution is 5.90. The topological polar surface area (TPSA) is 46.5 Å². The molecule has 3 nitrogen and oxygen atoms in total. The molecular formula is C16H20O3. The van der Waals surface area contributed by atoms with Gasteiger partial charge in [0.15, 0.2) is 5.78 Å². The van der Waals surface area contributed by atoms with E-state index in [-0.39, 0.29) is 12.2 Å². The Morgan fingerprint density at radius 2 is 1.95 bits per heavy atom. The molecular weight excluding hydrogens is 240 g/mol. The first kappa shape index (κ1) is 15.2. The molecule has 19 heavy (non-hydrogen) atoms. The van der Waals surface area contributed by atoms with Crippen molar-refractivity contribution in [1.82, 2.24) is 0 Å². The predicted octanol–water partition coefficient (Wildman–Crippen LogP) is 2.99. The number of allylic oxidation sites excluding steroid dienone is 2. The van der Waals surface area contributed by atoms with E-state index in [9.17, 15) is 9.90 Å². The number of aliphatic hydroxyl groups is 1. The Morgan fingerprint density at radius 3 is 2.47 bits per heavy atom. The minimum absolute atomic E-state index is 0.0631. The first-order chi connectivity index (χ1) is 9.01. The monoisotopic (exact) mass is 260 g/mol. The lowest BCUT2D eigenvalue weighted by Gasteiger charge is -2.03. The zero-order valence-corrected chi connectivity index (χ0v) is 11.6. The van der Waals surface area contributed by atoms with Crippen molar-refractivity contribution in [2.24, 2.45) is 0 Å². The predicted molar refractivity (Wildman–Crippen MR) is 77.1 cm³/mol. The van der Waals surface area contributed by atoms with E-state index in [1.807, 2.05) is 38.1 Å². The Kier molecular flexibility index (Phi) is 6.03. The zero-order valence-electron chi connectivity index (χ0n) is 11.6. The summed E-state index contributed by atoms with van der Waals surface area (Å²) in [4.78, 5) is 11.5. The van der Waals surface area contributed by atoms with Gasteiger partial charge in [0.1, 0.15) is 5.75 Å². The molecule has 1 aromatic rings. The Labute approximate surface area is 114 Å². The molecule has 0 unspecified atom stereocenters. The van der Waals surface area contributed by atoms with Crippen LogP contribution < -0.4 is 4.74 Å². The molecule has 102 valence electrons. The van der Waals surface area contributed by atoms with Crippen LogP contribution in [0.5, 0.6) is 5.75 Å². The summed E-state index contributed by atoms with van der Waals surface area (Å²) in [7, 11) is 1.61. The number of methoxy groups -OCH3 is 1. The molecule has 0 spiro atoms. The van der Waals surface area contributed by atoms with Gasteiger partial charge in [-0.2, -0.15) is 0 Å². The highest BCUT2D eigenvalue weighted by atomic mass is 16.5. The van der Waals surface area contributed by atoms with E-state index in [0.717, 1.165) is 16.9 Å². The van der Waals surface area contributed by atoms with Gasteiger partial charge in [0.2, 0.25) is 0 Å². The SMILES string of the molecule is COc1ccc(/C=C/[C@@H](O)CC(=O)C=C(C)C)cc1. The van der Waals surface area contributed by atoms with Gasteiger partial charge in [-0.15, -0.1) is 0 Å². The molecule has 0 fully saturated rings. The summed E-state index contributed by atoms with van der Waals surface area (Å²) in [5.74, 6) is 0.725. The van der Waals surface area contributed by atoms with Gasteiger partial charge in [-0.05, 0) is 37.6 Å². The fourth-order valence-electron chi connectivity index (χ4n) is 1.59. The van der Waals surface area contributed by atoms with Crippen LogP contribution in [0.15, 0.2) is 42.0 Å². The molecule has 0 aliphatic carbocycles. The third-order valence-corrected chi connectivity index (χ3v) is 2.49. The Balaban J connectivity index is 2.55. The molecule has 0 heterocycles. The van der Waals surface area contributed by atoms with Crippen LogP contribution >= 0.6 is 0 Å². The van der Waals surface area contributed by atoms with Crippen LogP contribution in [0, 0.1) is 0 Å². The van der Waals surface area contributed by atoms with Gasteiger partial charge in [-0.1, -0.05) is 29.9 Å². The fraction of sp³-hybridized carbons (Fsp3) is 0.312. The van der Waals surface area contributed by atoms with Gasteiger partial charge in [0, 0.05) is 6.42 Å². The van der Waals surface area contributed by atoms with Crippen LogP contribution in [0.3, 0.4) is 0 Å². The largest absolute Gasteiger partial charge is 0.497 e. The van der Waals surface area contributed by atoms with Crippen molar-refractivity contribution in [3.05, 3.63) is 47.6 Å². The Morgan fingerprint density at radius 1 is 1.32 bits per heavy atom. The van der Waals surface area contributed by atoms with E-state index in [1.165, 1.54) is 0 Å². The maximum Gasteiger partial charge on any atom is 0.158 e. The highest BCUT2D eigenvalue weighted by Crippen LogP contribution is 2.13. The van der Waals surface area contributed by atoms with Crippen molar-refractivity contribution in [2.75, 3.05) is 7.11 Å². The third kappa shape index (κ3) is 6.02. The smallest absolute Gasteiger partial charge is 0.158 e. The van der Waals surface area contributed by atoms with Crippen molar-refractivity contribution < 1.29 is 14.6 Å². The van der Waals surface area contributed by atoms with E-state index in [4.69, 9.17) is 4.74 Å². The zero-order chi connectivity index (χ0) is 14.3. The molecule has 0 amide bonds. The molecule has 3 heteroatoms. The quantitative estimate of drug-likeness (QED) is 0.800. The lowest BCUT2D eigenvalue weighted by atomic mass is 10.1. The van der Waals surface area contributed by atoms with Gasteiger partial charge >= 0.3 is 0 Å². The maximum atomic E-state index is 11.5. The van der Waals surface area contributed by atoms with E-state index < -0.39 is 6.10 Å². The average Bonchev–Trinajstić information content (AvgIpc) is 2.36. The number of aliphatic hydroxyl groups excluding tert-OH is 1. The Hall–Kier alpha value is -1.87. The molecule has 0 saturated heterocycles. The van der Waals surface area contributed by atoms with Gasteiger partial charge in [-0.3, -0.25) is 4.79 Å². The van der Waals surface area contributed by atoms with Crippen LogP contribution in [0.25, 0.3) is 6.08 Å². The van der Waals surface area contributed by atoms with Crippen LogP contribution in [-0.4, -0.2) is 24.1 Å². The first-order valence-corrected chi connectivity index (χ1v) is 6.19. The lowest BCUT2D eigenvalue weighted by molar-refractivity contribution is -0.115. The van der Waals surface area contributed by atoms with Gasteiger partial charge in [0.05, 0.1) is 13.2 Å². The van der Waals surface area contributed by atoms with Crippen LogP contribution in [0.2, 0.25) is 0 Å². The minimum atomic E-state index is -0.759. The molecule has 0 radical (unpaired) electrons.